The molecule has 3 nitrogen and oxygen atoms in total. The molecule has 2 atom stereocenters. The monoisotopic (exact) mass is 315 g/mol. The van der Waals surface area contributed by atoms with Crippen molar-refractivity contribution in [2.24, 2.45) is 0 Å². The Hall–Kier alpha value is -2.20. The smallest absolute Gasteiger partial charge is 0.321 e. The van der Waals surface area contributed by atoms with Gasteiger partial charge in [0.1, 0.15) is 11.9 Å². The van der Waals surface area contributed by atoms with Crippen LogP contribution in [0.1, 0.15) is 24.5 Å². The number of benzene rings is 2. The summed E-state index contributed by atoms with van der Waals surface area (Å²) < 4.78 is 13.2. The Morgan fingerprint density at radius 2 is 1.83 bits per heavy atom. The van der Waals surface area contributed by atoms with Gasteiger partial charge in [-0.1, -0.05) is 42.5 Å². The molecular weight excluding hydrogens is 293 g/mol. The quantitative estimate of drug-likeness (QED) is 0.784. The summed E-state index contributed by atoms with van der Waals surface area (Å²) >= 11 is 0. The molecule has 23 heavy (non-hydrogen) atoms. The van der Waals surface area contributed by atoms with Gasteiger partial charge in [-0.05, 0) is 49.4 Å². The normalized spacial score (nSPS) is 13.5. The molecule has 4 heteroatoms. The maximum absolute atomic E-state index is 13.2. The van der Waals surface area contributed by atoms with Crippen LogP contribution in [-0.4, -0.2) is 23.2 Å². The van der Waals surface area contributed by atoms with E-state index in [0.717, 1.165) is 17.5 Å². The number of aliphatic carboxylic acids is 1. The molecule has 0 aliphatic rings. The first-order valence-electron chi connectivity index (χ1n) is 7.82. The van der Waals surface area contributed by atoms with Gasteiger partial charge < -0.3 is 10.4 Å². The second-order valence-corrected chi connectivity index (χ2v) is 5.82. The van der Waals surface area contributed by atoms with E-state index in [9.17, 15) is 14.3 Å². The first kappa shape index (κ1) is 17.2. The number of carboxylic acid groups (broad SMARTS) is 1. The van der Waals surface area contributed by atoms with Crippen molar-refractivity contribution in [2.75, 3.05) is 0 Å². The maximum atomic E-state index is 13.2. The van der Waals surface area contributed by atoms with Crippen molar-refractivity contribution in [1.29, 1.82) is 0 Å². The number of halogens is 1. The zero-order valence-electron chi connectivity index (χ0n) is 13.2. The second kappa shape index (κ2) is 8.44. The maximum Gasteiger partial charge on any atom is 0.321 e. The Morgan fingerprint density at radius 1 is 1.13 bits per heavy atom. The topological polar surface area (TPSA) is 49.3 Å². The number of nitrogens with one attached hydrogen (secondary N) is 1. The summed E-state index contributed by atoms with van der Waals surface area (Å²) in [5, 5.41) is 12.5. The van der Waals surface area contributed by atoms with E-state index < -0.39 is 12.0 Å². The molecule has 122 valence electrons. The molecule has 0 saturated carbocycles. The van der Waals surface area contributed by atoms with E-state index in [2.05, 4.69) is 5.32 Å². The minimum atomic E-state index is -0.855. The molecule has 2 aromatic carbocycles. The third kappa shape index (κ3) is 5.83. The number of hydrogen-bond acceptors (Lipinski definition) is 2. The van der Waals surface area contributed by atoms with Crippen LogP contribution in [0.3, 0.4) is 0 Å². The fourth-order valence-corrected chi connectivity index (χ4v) is 2.57. The van der Waals surface area contributed by atoms with Gasteiger partial charge in [-0.25, -0.2) is 4.39 Å². The van der Waals surface area contributed by atoms with Crippen LogP contribution in [0.4, 0.5) is 4.39 Å². The number of hydrogen-bond donors (Lipinski definition) is 2. The van der Waals surface area contributed by atoms with Crippen LogP contribution < -0.4 is 5.32 Å². The lowest BCUT2D eigenvalue weighted by Crippen LogP contribution is -2.43. The minimum absolute atomic E-state index is 0.0306. The van der Waals surface area contributed by atoms with E-state index in [0.29, 0.717) is 12.8 Å². The van der Waals surface area contributed by atoms with Crippen LogP contribution in [0.25, 0.3) is 0 Å². The number of aryl methyl sites for hydroxylation is 1. The van der Waals surface area contributed by atoms with Gasteiger partial charge in [0.25, 0.3) is 0 Å². The van der Waals surface area contributed by atoms with Gasteiger partial charge >= 0.3 is 5.97 Å². The molecular formula is C19H22FNO2. The van der Waals surface area contributed by atoms with Crippen molar-refractivity contribution in [3.8, 4) is 0 Å². The summed E-state index contributed by atoms with van der Waals surface area (Å²) in [7, 11) is 0. The lowest BCUT2D eigenvalue weighted by Gasteiger charge is -2.20. The molecule has 0 aromatic heterocycles. The number of carbonyl (C=O) groups is 1. The highest BCUT2D eigenvalue weighted by Gasteiger charge is 2.19. The fourth-order valence-electron chi connectivity index (χ4n) is 2.57. The summed E-state index contributed by atoms with van der Waals surface area (Å²) in [6.07, 6.45) is 1.91. The predicted molar refractivity (Wildman–Crippen MR) is 88.9 cm³/mol. The van der Waals surface area contributed by atoms with Crippen LogP contribution in [0.15, 0.2) is 54.6 Å². The van der Waals surface area contributed by atoms with Crippen molar-refractivity contribution < 1.29 is 14.3 Å². The van der Waals surface area contributed by atoms with E-state index in [1.54, 1.807) is 6.07 Å². The zero-order valence-corrected chi connectivity index (χ0v) is 13.2. The summed E-state index contributed by atoms with van der Waals surface area (Å²) in [5.41, 5.74) is 1.92. The molecule has 0 aliphatic heterocycles. The molecule has 2 N–H and O–H groups in total. The van der Waals surface area contributed by atoms with Gasteiger partial charge in [0.2, 0.25) is 0 Å². The Kier molecular flexibility index (Phi) is 6.29. The van der Waals surface area contributed by atoms with Gasteiger partial charge in [0.15, 0.2) is 0 Å². The Morgan fingerprint density at radius 3 is 2.48 bits per heavy atom. The van der Waals surface area contributed by atoms with Gasteiger partial charge in [-0.15, -0.1) is 0 Å². The Balaban J connectivity index is 1.88. The third-order valence-electron chi connectivity index (χ3n) is 3.82. The average molecular weight is 315 g/mol. The van der Waals surface area contributed by atoms with Crippen LogP contribution in [0.2, 0.25) is 0 Å². The molecule has 2 aromatic rings. The number of carboxylic acids is 1. The van der Waals surface area contributed by atoms with Crippen LogP contribution >= 0.6 is 0 Å². The predicted octanol–water partition coefficient (Wildman–Crippen LogP) is 3.43. The molecule has 2 rings (SSSR count). The lowest BCUT2D eigenvalue weighted by molar-refractivity contribution is -0.139. The highest BCUT2D eigenvalue weighted by Crippen LogP contribution is 2.09. The standard InChI is InChI=1S/C19H22FNO2/c1-14(10-11-16-8-5-9-17(20)12-16)21-18(19(22)23)13-15-6-3-2-4-7-15/h2-9,12,14,18,21H,10-11,13H2,1H3,(H,22,23)/t14?,18-/m0/s1. The van der Waals surface area contributed by atoms with Crippen molar-refractivity contribution in [1.82, 2.24) is 5.32 Å². The molecule has 1 unspecified atom stereocenters. The highest BCUT2D eigenvalue weighted by atomic mass is 19.1. The Bertz CT molecular complexity index is 630. The SMILES string of the molecule is CC(CCc1cccc(F)c1)N[C@@H](Cc1ccccc1)C(=O)O. The molecule has 0 fully saturated rings. The van der Waals surface area contributed by atoms with E-state index >= 15 is 0 Å². The van der Waals surface area contributed by atoms with E-state index in [1.165, 1.54) is 12.1 Å². The second-order valence-electron chi connectivity index (χ2n) is 5.82. The van der Waals surface area contributed by atoms with E-state index in [4.69, 9.17) is 0 Å². The number of rotatable bonds is 8. The molecule has 0 bridgehead atoms. The summed E-state index contributed by atoms with van der Waals surface area (Å²) in [6, 6.07) is 15.5. The molecule has 0 spiro atoms. The van der Waals surface area contributed by atoms with Crippen molar-refractivity contribution in [3.05, 3.63) is 71.5 Å². The van der Waals surface area contributed by atoms with Crippen molar-refractivity contribution in [3.63, 3.8) is 0 Å². The van der Waals surface area contributed by atoms with Gasteiger partial charge in [0, 0.05) is 6.04 Å². The first-order valence-corrected chi connectivity index (χ1v) is 7.82. The minimum Gasteiger partial charge on any atom is -0.480 e. The molecule has 0 amide bonds. The largest absolute Gasteiger partial charge is 0.480 e. The fraction of sp³-hybridized carbons (Fsp3) is 0.316. The van der Waals surface area contributed by atoms with E-state index in [1.807, 2.05) is 43.3 Å². The highest BCUT2D eigenvalue weighted by molar-refractivity contribution is 5.74. The third-order valence-corrected chi connectivity index (χ3v) is 3.82. The summed E-state index contributed by atoms with van der Waals surface area (Å²) in [5.74, 6) is -1.10. The van der Waals surface area contributed by atoms with E-state index in [-0.39, 0.29) is 11.9 Å². The van der Waals surface area contributed by atoms with Gasteiger partial charge in [-0.3, -0.25) is 4.79 Å². The molecule has 0 radical (unpaired) electrons. The molecule has 0 heterocycles. The van der Waals surface area contributed by atoms with Gasteiger partial charge in [-0.2, -0.15) is 0 Å². The summed E-state index contributed by atoms with van der Waals surface area (Å²) in [4.78, 5) is 11.4. The van der Waals surface area contributed by atoms with Crippen LogP contribution in [0, 0.1) is 5.82 Å². The molecule has 0 aliphatic carbocycles. The van der Waals surface area contributed by atoms with Crippen molar-refractivity contribution >= 4 is 5.97 Å². The summed E-state index contributed by atoms with van der Waals surface area (Å²) in [6.45, 7) is 1.96. The van der Waals surface area contributed by atoms with Gasteiger partial charge in [0.05, 0.1) is 0 Å². The Labute approximate surface area is 136 Å². The van der Waals surface area contributed by atoms with Crippen LogP contribution in [0.5, 0.6) is 0 Å². The molecule has 0 saturated heterocycles. The van der Waals surface area contributed by atoms with Crippen LogP contribution in [-0.2, 0) is 17.6 Å². The zero-order chi connectivity index (χ0) is 16.7. The average Bonchev–Trinajstić information content (AvgIpc) is 2.53. The lowest BCUT2D eigenvalue weighted by atomic mass is 10.0. The van der Waals surface area contributed by atoms with Crippen molar-refractivity contribution in [2.45, 2.75) is 38.3 Å². The first-order chi connectivity index (χ1) is 11.0.